The smallest absolute Gasteiger partial charge is 0.338 e. The van der Waals surface area contributed by atoms with Crippen molar-refractivity contribution in [2.45, 2.75) is 36.8 Å². The van der Waals surface area contributed by atoms with E-state index in [4.69, 9.17) is 0 Å². The van der Waals surface area contributed by atoms with E-state index >= 15 is 0 Å². The molecule has 2 heterocycles. The van der Waals surface area contributed by atoms with E-state index in [-0.39, 0.29) is 34.7 Å². The van der Waals surface area contributed by atoms with Gasteiger partial charge in [-0.2, -0.15) is 13.2 Å². The molecule has 2 amide bonds. The molecular weight excluding hydrogens is 577 g/mol. The molecule has 0 bridgehead atoms. The van der Waals surface area contributed by atoms with Crippen molar-refractivity contribution in [1.82, 2.24) is 14.3 Å². The van der Waals surface area contributed by atoms with Crippen LogP contribution in [-0.2, 0) is 18.0 Å². The van der Waals surface area contributed by atoms with Crippen molar-refractivity contribution in [1.29, 1.82) is 0 Å². The van der Waals surface area contributed by atoms with Crippen molar-refractivity contribution < 1.29 is 22.8 Å². The third-order valence-electron chi connectivity index (χ3n) is 7.69. The molecule has 1 aliphatic heterocycles. The van der Waals surface area contributed by atoms with Gasteiger partial charge in [-0.1, -0.05) is 48.5 Å². The first-order valence-electron chi connectivity index (χ1n) is 13.9. The Labute approximate surface area is 251 Å². The number of aromatic nitrogens is 2. The molecule has 0 radical (unpaired) electrons. The third kappa shape index (κ3) is 6.56. The molecule has 1 aromatic heterocycles. The lowest BCUT2D eigenvalue weighted by molar-refractivity contribution is -0.137. The predicted molar refractivity (Wildman–Crippen MR) is 161 cm³/mol. The third-order valence-corrected chi connectivity index (χ3v) is 8.76. The summed E-state index contributed by atoms with van der Waals surface area (Å²) < 4.78 is 43.0. The molecule has 224 valence electrons. The van der Waals surface area contributed by atoms with Gasteiger partial charge in [-0.15, -0.1) is 11.8 Å². The Balaban J connectivity index is 1.27. The molecule has 11 heteroatoms. The number of piperidine rings is 1. The molecular formula is C32H31F3N4O3S. The van der Waals surface area contributed by atoms with Crippen LogP contribution in [0.4, 0.5) is 18.9 Å². The minimum Gasteiger partial charge on any atom is -0.338 e. The highest BCUT2D eigenvalue weighted by molar-refractivity contribution is 8.00. The van der Waals surface area contributed by atoms with Crippen molar-refractivity contribution in [3.63, 3.8) is 0 Å². The second kappa shape index (κ2) is 12.5. The summed E-state index contributed by atoms with van der Waals surface area (Å²) in [7, 11) is 1.74. The molecule has 4 aromatic rings. The molecule has 0 saturated carbocycles. The molecule has 1 aliphatic rings. The number of carbonyl (C=O) groups excluding carboxylic acids is 2. The van der Waals surface area contributed by atoms with Crippen LogP contribution >= 0.6 is 11.8 Å². The van der Waals surface area contributed by atoms with Crippen LogP contribution in [0.15, 0.2) is 88.6 Å². The van der Waals surface area contributed by atoms with E-state index in [9.17, 15) is 27.6 Å². The maximum absolute atomic E-state index is 13.6. The lowest BCUT2D eigenvalue weighted by Crippen LogP contribution is -2.39. The van der Waals surface area contributed by atoms with E-state index in [1.165, 1.54) is 28.6 Å². The summed E-state index contributed by atoms with van der Waals surface area (Å²) in [4.78, 5) is 42.0. The molecule has 0 aliphatic carbocycles. The number of benzene rings is 3. The van der Waals surface area contributed by atoms with Gasteiger partial charge in [0.2, 0.25) is 5.91 Å². The van der Waals surface area contributed by atoms with E-state index in [2.05, 4.69) is 5.32 Å². The number of hydrogen-bond acceptors (Lipinski definition) is 4. The maximum Gasteiger partial charge on any atom is 0.416 e. The van der Waals surface area contributed by atoms with Crippen molar-refractivity contribution in [2.75, 3.05) is 24.2 Å². The summed E-state index contributed by atoms with van der Waals surface area (Å²) in [6.07, 6.45) is -3.08. The Morgan fingerprint density at radius 3 is 2.47 bits per heavy atom. The fourth-order valence-corrected chi connectivity index (χ4v) is 6.22. The summed E-state index contributed by atoms with van der Waals surface area (Å²) in [5.74, 6) is -0.860. The summed E-state index contributed by atoms with van der Waals surface area (Å²) in [6.45, 7) is 2.55. The highest BCUT2D eigenvalue weighted by atomic mass is 32.2. The molecule has 1 fully saturated rings. The van der Waals surface area contributed by atoms with Gasteiger partial charge in [-0.05, 0) is 55.7 Å². The zero-order chi connectivity index (χ0) is 30.7. The molecule has 1 atom stereocenters. The van der Waals surface area contributed by atoms with Crippen LogP contribution in [0, 0.1) is 6.92 Å². The van der Waals surface area contributed by atoms with E-state index in [0.717, 1.165) is 6.07 Å². The van der Waals surface area contributed by atoms with Crippen LogP contribution in [0.25, 0.3) is 5.69 Å². The largest absolute Gasteiger partial charge is 0.416 e. The van der Waals surface area contributed by atoms with E-state index in [0.29, 0.717) is 53.3 Å². The van der Waals surface area contributed by atoms with Crippen molar-refractivity contribution in [2.24, 2.45) is 7.05 Å². The fourth-order valence-electron chi connectivity index (χ4n) is 5.37. The Morgan fingerprint density at radius 2 is 1.72 bits per heavy atom. The molecule has 7 nitrogen and oxygen atoms in total. The van der Waals surface area contributed by atoms with Crippen LogP contribution in [0.1, 0.15) is 45.9 Å². The topological polar surface area (TPSA) is 76.3 Å². The second-order valence-electron chi connectivity index (χ2n) is 10.5. The normalized spacial score (nSPS) is 15.4. The van der Waals surface area contributed by atoms with Gasteiger partial charge in [0.05, 0.1) is 28.3 Å². The van der Waals surface area contributed by atoms with Gasteiger partial charge < -0.3 is 10.2 Å². The van der Waals surface area contributed by atoms with Crippen LogP contribution in [0.2, 0.25) is 0 Å². The first kappa shape index (κ1) is 30.2. The fraction of sp³-hybridized carbons (Fsp3) is 0.281. The Morgan fingerprint density at radius 1 is 1.00 bits per heavy atom. The molecule has 0 spiro atoms. The summed E-state index contributed by atoms with van der Waals surface area (Å²) in [5.41, 5.74) is 1.41. The highest BCUT2D eigenvalue weighted by Gasteiger charge is 2.32. The average Bonchev–Trinajstić information content (AvgIpc) is 3.22. The van der Waals surface area contributed by atoms with Crippen LogP contribution in [0.3, 0.4) is 0 Å². The first-order valence-corrected chi connectivity index (χ1v) is 14.8. The van der Waals surface area contributed by atoms with Gasteiger partial charge in [-0.3, -0.25) is 19.1 Å². The second-order valence-corrected chi connectivity index (χ2v) is 11.5. The van der Waals surface area contributed by atoms with Gasteiger partial charge in [-0.25, -0.2) is 4.68 Å². The molecule has 3 aromatic carbocycles. The number of carbonyl (C=O) groups is 2. The number of anilines is 1. The van der Waals surface area contributed by atoms with Crippen LogP contribution < -0.4 is 10.9 Å². The minimum atomic E-state index is -4.43. The summed E-state index contributed by atoms with van der Waals surface area (Å²) >= 11 is 1.19. The van der Waals surface area contributed by atoms with Gasteiger partial charge in [0.1, 0.15) is 5.69 Å². The van der Waals surface area contributed by atoms with E-state index < -0.39 is 11.7 Å². The van der Waals surface area contributed by atoms with E-state index in [1.54, 1.807) is 66.0 Å². The molecule has 1 unspecified atom stereocenters. The molecule has 5 rings (SSSR count). The zero-order valence-electron chi connectivity index (χ0n) is 23.7. The minimum absolute atomic E-state index is 0.0315. The number of thioether (sulfide) groups is 1. The SMILES string of the molecule is Cc1c(NC(=O)CSc2ccccc2C(=O)N2CCCC(c3cccc(C(F)(F)F)c3)C2)c(=O)n(-c2ccccc2)n1C. The van der Waals surface area contributed by atoms with Crippen molar-refractivity contribution in [3.05, 3.63) is 112 Å². The number of nitrogens with one attached hydrogen (secondary N) is 1. The van der Waals surface area contributed by atoms with Crippen LogP contribution in [0.5, 0.6) is 0 Å². The van der Waals surface area contributed by atoms with E-state index in [1.807, 2.05) is 18.2 Å². The lowest BCUT2D eigenvalue weighted by atomic mass is 9.89. The Hall–Kier alpha value is -4.25. The number of hydrogen-bond donors (Lipinski definition) is 1. The lowest BCUT2D eigenvalue weighted by Gasteiger charge is -2.33. The predicted octanol–water partition coefficient (Wildman–Crippen LogP) is 6.25. The van der Waals surface area contributed by atoms with Gasteiger partial charge in [0.25, 0.3) is 11.5 Å². The molecule has 1 saturated heterocycles. The summed E-state index contributed by atoms with van der Waals surface area (Å²) in [6, 6.07) is 21.4. The van der Waals surface area contributed by atoms with Crippen molar-refractivity contribution >= 4 is 29.3 Å². The number of halogens is 3. The summed E-state index contributed by atoms with van der Waals surface area (Å²) in [5, 5.41) is 2.74. The number of alkyl halides is 3. The van der Waals surface area contributed by atoms with Gasteiger partial charge in [0, 0.05) is 31.0 Å². The Kier molecular flexibility index (Phi) is 8.82. The highest BCUT2D eigenvalue weighted by Crippen LogP contribution is 2.34. The maximum atomic E-state index is 13.6. The number of likely N-dealkylation sites (tertiary alicyclic amines) is 1. The first-order chi connectivity index (χ1) is 20.5. The monoisotopic (exact) mass is 608 g/mol. The molecule has 1 N–H and O–H groups in total. The molecule has 43 heavy (non-hydrogen) atoms. The Bertz CT molecular complexity index is 1700. The van der Waals surface area contributed by atoms with Gasteiger partial charge >= 0.3 is 6.18 Å². The quantitative estimate of drug-likeness (QED) is 0.252. The number of para-hydroxylation sites is 1. The number of rotatable bonds is 7. The number of nitrogens with zero attached hydrogens (tertiary/aromatic N) is 3. The number of amides is 2. The van der Waals surface area contributed by atoms with Crippen molar-refractivity contribution in [3.8, 4) is 5.69 Å². The standard InChI is InChI=1S/C32H31F3N4O3S/c1-21-29(31(42)39(37(21)2)25-13-4-3-5-14-25)36-28(40)20-43-27-16-7-6-15-26(27)30(41)38-17-9-11-23(19-38)22-10-8-12-24(18-22)32(33,34)35/h3-8,10,12-16,18,23H,9,11,17,19-20H2,1-2H3,(H,36,40). The van der Waals surface area contributed by atoms with Gasteiger partial charge in [0.15, 0.2) is 0 Å². The van der Waals surface area contributed by atoms with Crippen LogP contribution in [-0.4, -0.2) is 44.9 Å². The zero-order valence-corrected chi connectivity index (χ0v) is 24.5. The average molecular weight is 609 g/mol.